The highest BCUT2D eigenvalue weighted by atomic mass is 16.6. The molecule has 5 heteroatoms. The molecule has 0 unspecified atom stereocenters. The van der Waals surface area contributed by atoms with Gasteiger partial charge in [0.05, 0.1) is 17.0 Å². The van der Waals surface area contributed by atoms with Crippen molar-refractivity contribution in [3.63, 3.8) is 0 Å². The topological polar surface area (TPSA) is 70.8 Å². The molecule has 1 N–H and O–H groups in total. The second-order valence-electron chi connectivity index (χ2n) is 4.47. The van der Waals surface area contributed by atoms with Gasteiger partial charge in [0, 0.05) is 23.8 Å². The highest BCUT2D eigenvalue weighted by Gasteiger charge is 2.17. The lowest BCUT2D eigenvalue weighted by molar-refractivity contribution is 0.244. The van der Waals surface area contributed by atoms with Crippen LogP contribution in [-0.2, 0) is 6.42 Å². The van der Waals surface area contributed by atoms with Crippen molar-refractivity contribution < 1.29 is 4.84 Å². The largest absolute Gasteiger partial charge is 0.382 e. The lowest BCUT2D eigenvalue weighted by Gasteiger charge is -2.08. The molecular weight excluding hydrogens is 252 g/mol. The van der Waals surface area contributed by atoms with E-state index in [1.807, 2.05) is 24.3 Å². The van der Waals surface area contributed by atoms with Gasteiger partial charge in [0.1, 0.15) is 12.4 Å². The molecule has 0 spiro atoms. The standard InChI is InChI=1S/C15H12N4O/c1-10-13(7-16)15(18-9-17-10)12-6-11-4-2-3-5-14(11)20-19-8-12/h2-5,8-9,19H,6H2,1H3. The van der Waals surface area contributed by atoms with E-state index in [-0.39, 0.29) is 0 Å². The number of fused-ring (bicyclic) bond motifs is 1. The lowest BCUT2D eigenvalue weighted by atomic mass is 9.99. The molecule has 0 saturated heterocycles. The van der Waals surface area contributed by atoms with Crippen molar-refractivity contribution in [1.82, 2.24) is 15.4 Å². The Morgan fingerprint density at radius 1 is 1.30 bits per heavy atom. The van der Waals surface area contributed by atoms with E-state index in [1.54, 1.807) is 13.1 Å². The summed E-state index contributed by atoms with van der Waals surface area (Å²) in [6, 6.07) is 9.94. The summed E-state index contributed by atoms with van der Waals surface area (Å²) >= 11 is 0. The van der Waals surface area contributed by atoms with Crippen LogP contribution in [0.4, 0.5) is 0 Å². The molecule has 1 aromatic carbocycles. The molecule has 5 nitrogen and oxygen atoms in total. The molecule has 0 fully saturated rings. The zero-order chi connectivity index (χ0) is 13.9. The molecule has 1 aliphatic rings. The maximum absolute atomic E-state index is 9.29. The number of rotatable bonds is 1. The van der Waals surface area contributed by atoms with Crippen LogP contribution < -0.4 is 10.3 Å². The summed E-state index contributed by atoms with van der Waals surface area (Å²) in [5, 5.41) is 9.29. The molecule has 20 heavy (non-hydrogen) atoms. The van der Waals surface area contributed by atoms with Crippen molar-refractivity contribution in [2.24, 2.45) is 0 Å². The lowest BCUT2D eigenvalue weighted by Crippen LogP contribution is -2.10. The smallest absolute Gasteiger partial charge is 0.158 e. The number of aryl methyl sites for hydroxylation is 1. The number of allylic oxidation sites excluding steroid dienone is 1. The summed E-state index contributed by atoms with van der Waals surface area (Å²) in [7, 11) is 0. The maximum Gasteiger partial charge on any atom is 0.158 e. The summed E-state index contributed by atoms with van der Waals surface area (Å²) in [6.07, 6.45) is 3.86. The number of hydrogen-bond donors (Lipinski definition) is 1. The summed E-state index contributed by atoms with van der Waals surface area (Å²) < 4.78 is 0. The van der Waals surface area contributed by atoms with Crippen LogP contribution in [0.5, 0.6) is 5.75 Å². The van der Waals surface area contributed by atoms with Crippen molar-refractivity contribution in [2.45, 2.75) is 13.3 Å². The van der Waals surface area contributed by atoms with E-state index in [9.17, 15) is 5.26 Å². The fourth-order valence-corrected chi connectivity index (χ4v) is 2.17. The monoisotopic (exact) mass is 264 g/mol. The molecule has 0 atom stereocenters. The number of para-hydroxylation sites is 1. The molecule has 3 rings (SSSR count). The molecule has 1 aliphatic heterocycles. The highest BCUT2D eigenvalue weighted by molar-refractivity contribution is 5.70. The predicted molar refractivity (Wildman–Crippen MR) is 73.4 cm³/mol. The maximum atomic E-state index is 9.29. The first-order valence-corrected chi connectivity index (χ1v) is 6.21. The first-order chi connectivity index (χ1) is 9.79. The predicted octanol–water partition coefficient (Wildman–Crippen LogP) is 2.14. The van der Waals surface area contributed by atoms with Gasteiger partial charge in [-0.05, 0) is 13.0 Å². The Bertz CT molecular complexity index is 731. The number of benzene rings is 1. The van der Waals surface area contributed by atoms with Crippen molar-refractivity contribution in [3.05, 3.63) is 59.3 Å². The van der Waals surface area contributed by atoms with Gasteiger partial charge in [-0.1, -0.05) is 18.2 Å². The number of hydroxylamine groups is 1. The van der Waals surface area contributed by atoms with Crippen LogP contribution in [0.15, 0.2) is 36.8 Å². The molecule has 98 valence electrons. The second kappa shape index (κ2) is 5.02. The van der Waals surface area contributed by atoms with Crippen molar-refractivity contribution in [3.8, 4) is 11.8 Å². The third kappa shape index (κ3) is 2.08. The fourth-order valence-electron chi connectivity index (χ4n) is 2.17. The molecule has 2 heterocycles. The van der Waals surface area contributed by atoms with Crippen LogP contribution in [0, 0.1) is 18.3 Å². The van der Waals surface area contributed by atoms with Gasteiger partial charge in [0.25, 0.3) is 0 Å². The molecule has 0 bridgehead atoms. The van der Waals surface area contributed by atoms with E-state index in [2.05, 4.69) is 21.5 Å². The van der Waals surface area contributed by atoms with Gasteiger partial charge in [-0.3, -0.25) is 0 Å². The molecule has 0 saturated carbocycles. The van der Waals surface area contributed by atoms with E-state index < -0.39 is 0 Å². The van der Waals surface area contributed by atoms with Crippen LogP contribution >= 0.6 is 0 Å². The molecule has 0 radical (unpaired) electrons. The van der Waals surface area contributed by atoms with E-state index in [1.165, 1.54) is 6.33 Å². The summed E-state index contributed by atoms with van der Waals surface area (Å²) in [5.41, 5.74) is 6.56. The highest BCUT2D eigenvalue weighted by Crippen LogP contribution is 2.28. The van der Waals surface area contributed by atoms with Crippen LogP contribution in [-0.4, -0.2) is 9.97 Å². The van der Waals surface area contributed by atoms with E-state index in [0.29, 0.717) is 23.4 Å². The SMILES string of the molecule is Cc1ncnc(C2=CNOc3ccccc3C2)c1C#N. The summed E-state index contributed by atoms with van der Waals surface area (Å²) in [6.45, 7) is 1.80. The average Bonchev–Trinajstić information content (AvgIpc) is 2.69. The number of hydrogen-bond acceptors (Lipinski definition) is 5. The Kier molecular flexibility index (Phi) is 3.05. The quantitative estimate of drug-likeness (QED) is 0.854. The van der Waals surface area contributed by atoms with Crippen LogP contribution in [0.25, 0.3) is 5.57 Å². The number of nitriles is 1. The Balaban J connectivity index is 2.06. The number of aromatic nitrogens is 2. The van der Waals surface area contributed by atoms with Crippen LogP contribution in [0.1, 0.15) is 22.5 Å². The van der Waals surface area contributed by atoms with Gasteiger partial charge in [-0.25, -0.2) is 15.4 Å². The van der Waals surface area contributed by atoms with Gasteiger partial charge < -0.3 is 4.84 Å². The Morgan fingerprint density at radius 2 is 2.15 bits per heavy atom. The Hall–Kier alpha value is -2.87. The third-order valence-electron chi connectivity index (χ3n) is 3.21. The molecule has 1 aromatic heterocycles. The third-order valence-corrected chi connectivity index (χ3v) is 3.21. The van der Waals surface area contributed by atoms with E-state index in [0.717, 1.165) is 16.9 Å². The number of nitrogens with zero attached hydrogens (tertiary/aromatic N) is 3. The van der Waals surface area contributed by atoms with Crippen LogP contribution in [0.2, 0.25) is 0 Å². The second-order valence-corrected chi connectivity index (χ2v) is 4.47. The fraction of sp³-hybridized carbons (Fsp3) is 0.133. The Morgan fingerprint density at radius 3 is 3.00 bits per heavy atom. The minimum absolute atomic E-state index is 0.500. The first kappa shape index (κ1) is 12.2. The van der Waals surface area contributed by atoms with Gasteiger partial charge in [0.2, 0.25) is 0 Å². The molecule has 0 amide bonds. The zero-order valence-electron chi connectivity index (χ0n) is 10.9. The van der Waals surface area contributed by atoms with Crippen molar-refractivity contribution >= 4 is 5.57 Å². The summed E-state index contributed by atoms with van der Waals surface area (Å²) in [4.78, 5) is 13.8. The molecule has 0 aliphatic carbocycles. The van der Waals surface area contributed by atoms with Gasteiger partial charge >= 0.3 is 0 Å². The molecule has 2 aromatic rings. The van der Waals surface area contributed by atoms with Gasteiger partial charge in [-0.15, -0.1) is 0 Å². The van der Waals surface area contributed by atoms with Gasteiger partial charge in [-0.2, -0.15) is 5.26 Å². The summed E-state index contributed by atoms with van der Waals surface area (Å²) in [5.74, 6) is 0.781. The average molecular weight is 264 g/mol. The first-order valence-electron chi connectivity index (χ1n) is 6.21. The van der Waals surface area contributed by atoms with Gasteiger partial charge in [0.15, 0.2) is 5.75 Å². The van der Waals surface area contributed by atoms with E-state index in [4.69, 9.17) is 4.84 Å². The normalized spacial score (nSPS) is 13.1. The Labute approximate surface area is 116 Å². The minimum atomic E-state index is 0.500. The van der Waals surface area contributed by atoms with E-state index >= 15 is 0 Å². The minimum Gasteiger partial charge on any atom is -0.382 e. The van der Waals surface area contributed by atoms with Crippen LogP contribution in [0.3, 0.4) is 0 Å². The van der Waals surface area contributed by atoms with Crippen molar-refractivity contribution in [1.29, 1.82) is 5.26 Å². The zero-order valence-corrected chi connectivity index (χ0v) is 10.9. The van der Waals surface area contributed by atoms with Crippen molar-refractivity contribution in [2.75, 3.05) is 0 Å². The number of nitrogens with one attached hydrogen (secondary N) is 1. The molecular formula is C15H12N4O.